The maximum absolute atomic E-state index is 12.7. The van der Waals surface area contributed by atoms with Crippen molar-refractivity contribution >= 4 is 5.91 Å². The van der Waals surface area contributed by atoms with Gasteiger partial charge in [-0.3, -0.25) is 9.48 Å². The molecule has 130 valence electrons. The highest BCUT2D eigenvalue weighted by Gasteiger charge is 2.27. The van der Waals surface area contributed by atoms with Crippen molar-refractivity contribution in [2.24, 2.45) is 5.92 Å². The molecule has 0 radical (unpaired) electrons. The van der Waals surface area contributed by atoms with Crippen molar-refractivity contribution < 1.29 is 9.32 Å². The van der Waals surface area contributed by atoms with Crippen LogP contribution in [0.25, 0.3) is 0 Å². The van der Waals surface area contributed by atoms with Gasteiger partial charge in [-0.2, -0.15) is 5.10 Å². The van der Waals surface area contributed by atoms with E-state index in [1.807, 2.05) is 23.4 Å². The van der Waals surface area contributed by atoms with Crippen LogP contribution in [-0.2, 0) is 11.3 Å². The van der Waals surface area contributed by atoms with E-state index in [0.717, 1.165) is 49.5 Å². The molecular formula is C17H25N5O2. The highest BCUT2D eigenvalue weighted by Crippen LogP contribution is 2.27. The fourth-order valence-electron chi connectivity index (χ4n) is 3.72. The van der Waals surface area contributed by atoms with Gasteiger partial charge >= 0.3 is 0 Å². The summed E-state index contributed by atoms with van der Waals surface area (Å²) < 4.78 is 7.08. The van der Waals surface area contributed by atoms with Crippen LogP contribution in [0.5, 0.6) is 0 Å². The van der Waals surface area contributed by atoms with Crippen molar-refractivity contribution in [1.29, 1.82) is 0 Å². The van der Waals surface area contributed by atoms with Gasteiger partial charge < -0.3 is 9.42 Å². The van der Waals surface area contributed by atoms with Crippen LogP contribution in [0.2, 0.25) is 0 Å². The summed E-state index contributed by atoms with van der Waals surface area (Å²) in [6, 6.07) is 0. The molecule has 3 rings (SSSR count). The number of amides is 1. The van der Waals surface area contributed by atoms with E-state index in [9.17, 15) is 4.79 Å². The molecule has 0 unspecified atom stereocenters. The number of carbonyl (C=O) groups is 1. The van der Waals surface area contributed by atoms with Crippen molar-refractivity contribution in [3.63, 3.8) is 0 Å². The Balaban J connectivity index is 1.58. The minimum atomic E-state index is 0.124. The molecule has 1 aliphatic heterocycles. The molecule has 0 saturated carbocycles. The SMILES string of the molecule is Cc1noc(C)c1[C@H](C)CC(=O)N1CCC[C@H](Cn2cncn2)C1. The monoisotopic (exact) mass is 331 g/mol. The van der Waals surface area contributed by atoms with E-state index < -0.39 is 0 Å². The van der Waals surface area contributed by atoms with Gasteiger partial charge in [-0.15, -0.1) is 0 Å². The van der Waals surface area contributed by atoms with Crippen molar-refractivity contribution in [1.82, 2.24) is 24.8 Å². The maximum atomic E-state index is 12.7. The number of carbonyl (C=O) groups excluding carboxylic acids is 1. The number of hydrogen-bond donors (Lipinski definition) is 0. The molecule has 1 saturated heterocycles. The number of hydrogen-bond acceptors (Lipinski definition) is 5. The maximum Gasteiger partial charge on any atom is 0.223 e. The summed E-state index contributed by atoms with van der Waals surface area (Å²) in [5.74, 6) is 1.60. The zero-order valence-corrected chi connectivity index (χ0v) is 14.6. The number of piperidine rings is 1. The molecule has 0 aliphatic carbocycles. The molecule has 3 heterocycles. The third-order valence-electron chi connectivity index (χ3n) is 4.85. The van der Waals surface area contributed by atoms with Gasteiger partial charge in [-0.25, -0.2) is 4.98 Å². The predicted molar refractivity (Wildman–Crippen MR) is 88.3 cm³/mol. The molecule has 0 bridgehead atoms. The lowest BCUT2D eigenvalue weighted by atomic mass is 9.93. The first-order valence-corrected chi connectivity index (χ1v) is 8.57. The second kappa shape index (κ2) is 7.15. The van der Waals surface area contributed by atoms with Crippen molar-refractivity contribution in [2.45, 2.75) is 52.5 Å². The van der Waals surface area contributed by atoms with E-state index in [1.54, 1.807) is 12.7 Å². The van der Waals surface area contributed by atoms with E-state index >= 15 is 0 Å². The fraction of sp³-hybridized carbons (Fsp3) is 0.647. The van der Waals surface area contributed by atoms with Gasteiger partial charge in [0.2, 0.25) is 5.91 Å². The summed E-state index contributed by atoms with van der Waals surface area (Å²) in [4.78, 5) is 18.7. The highest BCUT2D eigenvalue weighted by atomic mass is 16.5. The molecule has 0 N–H and O–H groups in total. The van der Waals surface area contributed by atoms with Crippen molar-refractivity contribution in [3.8, 4) is 0 Å². The minimum Gasteiger partial charge on any atom is -0.361 e. The summed E-state index contributed by atoms with van der Waals surface area (Å²) in [6.07, 6.45) is 5.96. The average Bonchev–Trinajstić information content (AvgIpc) is 3.17. The molecule has 7 nitrogen and oxygen atoms in total. The second-order valence-corrected chi connectivity index (χ2v) is 6.81. The molecule has 7 heteroatoms. The summed E-state index contributed by atoms with van der Waals surface area (Å²) in [5, 5.41) is 8.16. The first-order valence-electron chi connectivity index (χ1n) is 8.57. The Morgan fingerprint density at radius 1 is 1.46 bits per heavy atom. The molecule has 0 spiro atoms. The normalized spacial score (nSPS) is 19.5. The molecule has 1 amide bonds. The van der Waals surface area contributed by atoms with Crippen LogP contribution in [-0.4, -0.2) is 43.8 Å². The fourth-order valence-corrected chi connectivity index (χ4v) is 3.72. The van der Waals surface area contributed by atoms with E-state index in [-0.39, 0.29) is 11.8 Å². The van der Waals surface area contributed by atoms with Crippen LogP contribution in [0.3, 0.4) is 0 Å². The lowest BCUT2D eigenvalue weighted by Crippen LogP contribution is -2.41. The van der Waals surface area contributed by atoms with Crippen LogP contribution >= 0.6 is 0 Å². The number of rotatable bonds is 5. The summed E-state index contributed by atoms with van der Waals surface area (Å²) in [5.41, 5.74) is 1.95. The van der Waals surface area contributed by atoms with Crippen LogP contribution < -0.4 is 0 Å². The van der Waals surface area contributed by atoms with Crippen molar-refractivity contribution in [2.75, 3.05) is 13.1 Å². The zero-order valence-electron chi connectivity index (χ0n) is 14.6. The molecule has 2 aromatic rings. The largest absolute Gasteiger partial charge is 0.361 e. The topological polar surface area (TPSA) is 77.0 Å². The Hall–Kier alpha value is -2.18. The van der Waals surface area contributed by atoms with E-state index in [0.29, 0.717) is 12.3 Å². The Labute approximate surface area is 142 Å². The predicted octanol–water partition coefficient (Wildman–Crippen LogP) is 2.32. The number of nitrogens with zero attached hydrogens (tertiary/aromatic N) is 5. The Morgan fingerprint density at radius 2 is 2.29 bits per heavy atom. The third-order valence-corrected chi connectivity index (χ3v) is 4.85. The number of likely N-dealkylation sites (tertiary alicyclic amines) is 1. The molecular weight excluding hydrogens is 306 g/mol. The van der Waals surface area contributed by atoms with Gasteiger partial charge in [0.15, 0.2) is 0 Å². The third kappa shape index (κ3) is 3.66. The number of aromatic nitrogens is 4. The molecule has 2 aromatic heterocycles. The second-order valence-electron chi connectivity index (χ2n) is 6.81. The summed E-state index contributed by atoms with van der Waals surface area (Å²) in [6.45, 7) is 8.38. The van der Waals surface area contributed by atoms with Gasteiger partial charge in [-0.1, -0.05) is 12.1 Å². The quantitative estimate of drug-likeness (QED) is 0.840. The van der Waals surface area contributed by atoms with Crippen LogP contribution in [0.15, 0.2) is 17.2 Å². The van der Waals surface area contributed by atoms with Gasteiger partial charge in [0.05, 0.1) is 5.69 Å². The van der Waals surface area contributed by atoms with Crippen LogP contribution in [0.4, 0.5) is 0 Å². The van der Waals surface area contributed by atoms with Gasteiger partial charge in [0.1, 0.15) is 18.4 Å². The van der Waals surface area contributed by atoms with Crippen LogP contribution in [0, 0.1) is 19.8 Å². The first kappa shape index (κ1) is 16.7. The Bertz CT molecular complexity index is 660. The van der Waals surface area contributed by atoms with E-state index in [1.165, 1.54) is 0 Å². The first-order chi connectivity index (χ1) is 11.5. The average molecular weight is 331 g/mol. The molecule has 2 atom stereocenters. The molecule has 0 aromatic carbocycles. The number of aryl methyl sites for hydroxylation is 2. The zero-order chi connectivity index (χ0) is 17.1. The van der Waals surface area contributed by atoms with Gasteiger partial charge in [-0.05, 0) is 38.5 Å². The van der Waals surface area contributed by atoms with Crippen molar-refractivity contribution in [3.05, 3.63) is 29.7 Å². The Morgan fingerprint density at radius 3 is 2.96 bits per heavy atom. The smallest absolute Gasteiger partial charge is 0.223 e. The minimum absolute atomic E-state index is 0.124. The Kier molecular flexibility index (Phi) is 4.97. The molecule has 24 heavy (non-hydrogen) atoms. The van der Waals surface area contributed by atoms with E-state index in [2.05, 4.69) is 22.2 Å². The van der Waals surface area contributed by atoms with Gasteiger partial charge in [0.25, 0.3) is 0 Å². The summed E-state index contributed by atoms with van der Waals surface area (Å²) in [7, 11) is 0. The summed E-state index contributed by atoms with van der Waals surface area (Å²) >= 11 is 0. The van der Waals surface area contributed by atoms with Gasteiger partial charge in [0, 0.05) is 31.6 Å². The molecule has 1 aliphatic rings. The lowest BCUT2D eigenvalue weighted by molar-refractivity contribution is -0.133. The van der Waals surface area contributed by atoms with E-state index in [4.69, 9.17) is 4.52 Å². The standard InChI is InChI=1S/C17H25N5O2/c1-12(17-13(2)20-24-14(17)3)7-16(23)21-6-4-5-15(8-21)9-22-11-18-10-19-22/h10-12,15H,4-9H2,1-3H3/t12-,15+/m1/s1. The van der Waals surface area contributed by atoms with Crippen LogP contribution in [0.1, 0.15) is 49.1 Å². The molecule has 1 fully saturated rings. The lowest BCUT2D eigenvalue weighted by Gasteiger charge is -2.33. The highest BCUT2D eigenvalue weighted by molar-refractivity contribution is 5.77.